The molecule has 2 aromatic heterocycles. The van der Waals surface area contributed by atoms with Gasteiger partial charge >= 0.3 is 0 Å². The van der Waals surface area contributed by atoms with Crippen LogP contribution in [0.25, 0.3) is 22.2 Å². The van der Waals surface area contributed by atoms with Crippen LogP contribution in [0.3, 0.4) is 0 Å². The smallest absolute Gasteiger partial charge is 0.129 e. The quantitative estimate of drug-likeness (QED) is 0.407. The van der Waals surface area contributed by atoms with E-state index in [2.05, 4.69) is 57.7 Å². The Balaban J connectivity index is 1.17. The number of hydrogen-bond acceptors (Lipinski definition) is 7. The number of ether oxygens (including phenoxy) is 1. The van der Waals surface area contributed by atoms with Crippen molar-refractivity contribution in [1.29, 1.82) is 0 Å². The minimum absolute atomic E-state index is 0.351. The molecule has 4 aromatic rings. The zero-order chi connectivity index (χ0) is 22.0. The zero-order valence-electron chi connectivity index (χ0n) is 18.3. The molecule has 4 heterocycles. The number of hydrogen-bond donors (Lipinski definition) is 0. The highest BCUT2D eigenvalue weighted by Crippen LogP contribution is 2.35. The molecule has 6 nitrogen and oxygen atoms in total. The van der Waals surface area contributed by atoms with Crippen LogP contribution in [0.5, 0.6) is 0 Å². The second-order valence-electron chi connectivity index (χ2n) is 8.41. The SMILES string of the molecule is c1ccc2nc(N3CC(c4nccnc4-c4ccc(SN5CCOCC5)cc4)C3)ccc2c1. The highest BCUT2D eigenvalue weighted by molar-refractivity contribution is 7.97. The summed E-state index contributed by atoms with van der Waals surface area (Å²) in [5, 5.41) is 1.17. The standard InChI is InChI=1S/C26H25N5OS/c1-2-4-23-19(3-1)7-10-24(29-23)30-17-21(18-30)26-25(27-11-12-28-26)20-5-8-22(9-6-20)33-31-13-15-32-16-14-31/h1-12,21H,13-18H2. The lowest BCUT2D eigenvalue weighted by Crippen LogP contribution is -2.46. The van der Waals surface area contributed by atoms with E-state index in [1.54, 1.807) is 24.3 Å². The first-order valence-corrected chi connectivity index (χ1v) is 12.1. The van der Waals surface area contributed by atoms with Crippen LogP contribution in [-0.4, -0.2) is 58.6 Å². The Morgan fingerprint density at radius 2 is 1.64 bits per heavy atom. The lowest BCUT2D eigenvalue weighted by atomic mass is 9.92. The predicted molar refractivity (Wildman–Crippen MR) is 132 cm³/mol. The number of aromatic nitrogens is 3. The maximum atomic E-state index is 5.44. The van der Waals surface area contributed by atoms with E-state index < -0.39 is 0 Å². The van der Waals surface area contributed by atoms with Gasteiger partial charge in [0.25, 0.3) is 0 Å². The van der Waals surface area contributed by atoms with Gasteiger partial charge < -0.3 is 9.64 Å². The van der Waals surface area contributed by atoms with E-state index in [4.69, 9.17) is 19.7 Å². The number of morpholine rings is 1. The molecule has 0 amide bonds. The Morgan fingerprint density at radius 3 is 2.48 bits per heavy atom. The van der Waals surface area contributed by atoms with Crippen molar-refractivity contribution in [3.05, 3.63) is 78.8 Å². The number of para-hydroxylation sites is 1. The molecule has 0 atom stereocenters. The molecule has 0 N–H and O–H groups in total. The molecule has 6 rings (SSSR count). The number of fused-ring (bicyclic) bond motifs is 1. The van der Waals surface area contributed by atoms with Gasteiger partial charge in [-0.2, -0.15) is 0 Å². The molecule has 0 bridgehead atoms. The normalized spacial score (nSPS) is 17.3. The fraction of sp³-hybridized carbons (Fsp3) is 0.269. The third-order valence-corrected chi connectivity index (χ3v) is 7.34. The average Bonchev–Trinajstić information content (AvgIpc) is 2.85. The van der Waals surface area contributed by atoms with Gasteiger partial charge in [0.15, 0.2) is 0 Å². The molecule has 33 heavy (non-hydrogen) atoms. The Labute approximate surface area is 197 Å². The maximum absolute atomic E-state index is 5.44. The summed E-state index contributed by atoms with van der Waals surface area (Å²) in [6.45, 7) is 5.35. The second-order valence-corrected chi connectivity index (χ2v) is 9.58. The molecule has 7 heteroatoms. The molecule has 166 valence electrons. The van der Waals surface area contributed by atoms with Crippen LogP contribution >= 0.6 is 11.9 Å². The molecule has 0 saturated carbocycles. The summed E-state index contributed by atoms with van der Waals surface area (Å²) in [6, 6.07) is 21.2. The predicted octanol–water partition coefficient (Wildman–Crippen LogP) is 4.63. The van der Waals surface area contributed by atoms with Crippen molar-refractivity contribution in [3.63, 3.8) is 0 Å². The fourth-order valence-corrected chi connectivity index (χ4v) is 5.29. The largest absolute Gasteiger partial charge is 0.379 e. The van der Waals surface area contributed by atoms with E-state index in [-0.39, 0.29) is 0 Å². The van der Waals surface area contributed by atoms with Crippen LogP contribution in [0.4, 0.5) is 5.82 Å². The molecule has 2 aliphatic rings. The van der Waals surface area contributed by atoms with E-state index in [1.807, 2.05) is 12.1 Å². The van der Waals surface area contributed by atoms with Crippen molar-refractivity contribution >= 4 is 28.7 Å². The minimum Gasteiger partial charge on any atom is -0.379 e. The first kappa shape index (κ1) is 20.6. The highest BCUT2D eigenvalue weighted by Gasteiger charge is 2.32. The Bertz CT molecular complexity index is 1250. The van der Waals surface area contributed by atoms with Crippen LogP contribution in [0.15, 0.2) is 78.0 Å². The number of rotatable bonds is 5. The van der Waals surface area contributed by atoms with Gasteiger partial charge in [0.05, 0.1) is 30.1 Å². The van der Waals surface area contributed by atoms with Crippen LogP contribution in [0.1, 0.15) is 11.6 Å². The third kappa shape index (κ3) is 4.31. The van der Waals surface area contributed by atoms with Crippen molar-refractivity contribution in [3.8, 4) is 11.3 Å². The molecule has 0 radical (unpaired) electrons. The number of nitrogens with zero attached hydrogens (tertiary/aromatic N) is 5. The van der Waals surface area contributed by atoms with Crippen molar-refractivity contribution in [2.24, 2.45) is 0 Å². The van der Waals surface area contributed by atoms with Gasteiger partial charge in [0.2, 0.25) is 0 Å². The van der Waals surface area contributed by atoms with Gasteiger partial charge in [-0.25, -0.2) is 9.29 Å². The Hall–Kier alpha value is -3.00. The second kappa shape index (κ2) is 9.09. The van der Waals surface area contributed by atoms with Crippen molar-refractivity contribution in [2.45, 2.75) is 10.8 Å². The summed E-state index contributed by atoms with van der Waals surface area (Å²) in [4.78, 5) is 17.8. The highest BCUT2D eigenvalue weighted by atomic mass is 32.2. The summed E-state index contributed by atoms with van der Waals surface area (Å²) in [5.41, 5.74) is 4.21. The van der Waals surface area contributed by atoms with Crippen LogP contribution in [0.2, 0.25) is 0 Å². The number of anilines is 1. The lowest BCUT2D eigenvalue weighted by molar-refractivity contribution is 0.0773. The van der Waals surface area contributed by atoms with E-state index in [0.29, 0.717) is 5.92 Å². The Kier molecular flexibility index (Phi) is 5.68. The molecule has 0 spiro atoms. The van der Waals surface area contributed by atoms with Gasteiger partial charge in [-0.1, -0.05) is 30.3 Å². The fourth-order valence-electron chi connectivity index (χ4n) is 4.40. The van der Waals surface area contributed by atoms with Crippen molar-refractivity contribution < 1.29 is 4.74 Å². The molecular weight excluding hydrogens is 430 g/mol. The van der Waals surface area contributed by atoms with E-state index in [1.165, 1.54) is 10.3 Å². The van der Waals surface area contributed by atoms with Crippen LogP contribution < -0.4 is 4.90 Å². The van der Waals surface area contributed by atoms with Gasteiger partial charge in [0, 0.05) is 60.3 Å². The Morgan fingerprint density at radius 1 is 0.848 bits per heavy atom. The summed E-state index contributed by atoms with van der Waals surface area (Å²) < 4.78 is 7.80. The van der Waals surface area contributed by atoms with Gasteiger partial charge in [-0.05, 0) is 42.3 Å². The summed E-state index contributed by atoms with van der Waals surface area (Å²) in [7, 11) is 0. The molecular formula is C26H25N5OS. The monoisotopic (exact) mass is 455 g/mol. The molecule has 2 fully saturated rings. The summed E-state index contributed by atoms with van der Waals surface area (Å²) in [5.74, 6) is 1.38. The number of benzene rings is 2. The maximum Gasteiger partial charge on any atom is 0.129 e. The molecule has 0 unspecified atom stereocenters. The molecule has 2 saturated heterocycles. The molecule has 0 aliphatic carbocycles. The molecule has 2 aliphatic heterocycles. The van der Waals surface area contributed by atoms with Crippen molar-refractivity contribution in [1.82, 2.24) is 19.3 Å². The van der Waals surface area contributed by atoms with E-state index >= 15 is 0 Å². The van der Waals surface area contributed by atoms with E-state index in [0.717, 1.165) is 67.7 Å². The average molecular weight is 456 g/mol. The first-order chi connectivity index (χ1) is 16.3. The van der Waals surface area contributed by atoms with Gasteiger partial charge in [-0.3, -0.25) is 9.97 Å². The van der Waals surface area contributed by atoms with Gasteiger partial charge in [-0.15, -0.1) is 0 Å². The number of pyridine rings is 1. The lowest BCUT2D eigenvalue weighted by Gasteiger charge is -2.40. The van der Waals surface area contributed by atoms with Crippen molar-refractivity contribution in [2.75, 3.05) is 44.3 Å². The molecule has 2 aromatic carbocycles. The summed E-state index contributed by atoms with van der Waals surface area (Å²) >= 11 is 1.80. The van der Waals surface area contributed by atoms with Crippen LogP contribution in [0, 0.1) is 0 Å². The van der Waals surface area contributed by atoms with Crippen LogP contribution in [-0.2, 0) is 4.74 Å². The van der Waals surface area contributed by atoms with Gasteiger partial charge in [0.1, 0.15) is 5.82 Å². The van der Waals surface area contributed by atoms with E-state index in [9.17, 15) is 0 Å². The third-order valence-electron chi connectivity index (χ3n) is 6.23. The zero-order valence-corrected chi connectivity index (χ0v) is 19.1. The summed E-state index contributed by atoms with van der Waals surface area (Å²) in [6.07, 6.45) is 3.59. The topological polar surface area (TPSA) is 54.4 Å². The minimum atomic E-state index is 0.351. The first-order valence-electron chi connectivity index (χ1n) is 11.4.